The van der Waals surface area contributed by atoms with Crippen molar-refractivity contribution in [3.8, 4) is 0 Å². The maximum atomic E-state index is 13.1. The Morgan fingerprint density at radius 3 is 2.55 bits per heavy atom. The predicted octanol–water partition coefficient (Wildman–Crippen LogP) is 4.83. The molecule has 1 N–H and O–H groups in total. The molecule has 1 saturated carbocycles. The van der Waals surface area contributed by atoms with Crippen molar-refractivity contribution in [3.63, 3.8) is 0 Å². The standard InChI is InChI=1S/C23H23ClN2O3/c1-13-10-11-15-17(12-13)23(29)26(22(15)28)20-9-4-3-6-16(20)21(27)25-19-8-5-7-18(24)14(19)2/h3-9,13,15,17H,10-12H2,1-2H3,(H,25,27)/t13-,15+,17+/m1/s1. The largest absolute Gasteiger partial charge is 0.322 e. The first-order chi connectivity index (χ1) is 13.9. The molecule has 1 saturated heterocycles. The van der Waals surface area contributed by atoms with Gasteiger partial charge in [-0.25, -0.2) is 4.90 Å². The number of nitrogens with one attached hydrogen (secondary N) is 1. The Hall–Kier alpha value is -2.66. The molecular formula is C23H23ClN2O3. The molecule has 2 aliphatic rings. The summed E-state index contributed by atoms with van der Waals surface area (Å²) in [6.07, 6.45) is 2.40. The van der Waals surface area contributed by atoms with Gasteiger partial charge in [0, 0.05) is 10.7 Å². The van der Waals surface area contributed by atoms with Crippen LogP contribution >= 0.6 is 11.6 Å². The van der Waals surface area contributed by atoms with Crippen LogP contribution in [0.2, 0.25) is 5.02 Å². The van der Waals surface area contributed by atoms with Crippen molar-refractivity contribution in [1.29, 1.82) is 0 Å². The number of hydrogen-bond donors (Lipinski definition) is 1. The van der Waals surface area contributed by atoms with Crippen molar-refractivity contribution in [2.45, 2.75) is 33.1 Å². The Balaban J connectivity index is 1.67. The lowest BCUT2D eigenvalue weighted by atomic mass is 9.76. The maximum Gasteiger partial charge on any atom is 0.257 e. The van der Waals surface area contributed by atoms with E-state index in [1.54, 1.807) is 42.5 Å². The number of carbonyl (C=O) groups excluding carboxylic acids is 3. The lowest BCUT2D eigenvalue weighted by molar-refractivity contribution is -0.122. The highest BCUT2D eigenvalue weighted by Gasteiger charge is 2.50. The van der Waals surface area contributed by atoms with Gasteiger partial charge < -0.3 is 5.32 Å². The molecule has 0 bridgehead atoms. The highest BCUT2D eigenvalue weighted by Crippen LogP contribution is 2.42. The molecular weight excluding hydrogens is 388 g/mol. The number of hydrogen-bond acceptors (Lipinski definition) is 3. The minimum Gasteiger partial charge on any atom is -0.322 e. The fourth-order valence-electron chi connectivity index (χ4n) is 4.42. The van der Waals surface area contributed by atoms with Crippen LogP contribution in [0, 0.1) is 24.7 Å². The topological polar surface area (TPSA) is 66.5 Å². The predicted molar refractivity (Wildman–Crippen MR) is 113 cm³/mol. The summed E-state index contributed by atoms with van der Waals surface area (Å²) in [6.45, 7) is 3.94. The lowest BCUT2D eigenvalue weighted by Crippen LogP contribution is -2.33. The number of benzene rings is 2. The van der Waals surface area contributed by atoms with E-state index in [1.807, 2.05) is 6.92 Å². The van der Waals surface area contributed by atoms with Crippen molar-refractivity contribution >= 4 is 40.7 Å². The van der Waals surface area contributed by atoms with Gasteiger partial charge in [0.2, 0.25) is 11.8 Å². The van der Waals surface area contributed by atoms with E-state index in [4.69, 9.17) is 11.6 Å². The van der Waals surface area contributed by atoms with E-state index < -0.39 is 0 Å². The zero-order valence-electron chi connectivity index (χ0n) is 16.4. The van der Waals surface area contributed by atoms with E-state index in [1.165, 1.54) is 4.90 Å². The highest BCUT2D eigenvalue weighted by molar-refractivity contribution is 6.32. The van der Waals surface area contributed by atoms with Gasteiger partial charge in [0.1, 0.15) is 0 Å². The van der Waals surface area contributed by atoms with Crippen LogP contribution in [0.4, 0.5) is 11.4 Å². The van der Waals surface area contributed by atoms with Crippen LogP contribution in [-0.2, 0) is 9.59 Å². The summed E-state index contributed by atoms with van der Waals surface area (Å²) in [6, 6.07) is 12.0. The van der Waals surface area contributed by atoms with E-state index in [2.05, 4.69) is 12.2 Å². The average Bonchev–Trinajstić information content (AvgIpc) is 2.95. The van der Waals surface area contributed by atoms with Crippen LogP contribution in [-0.4, -0.2) is 17.7 Å². The molecule has 1 aliphatic heterocycles. The van der Waals surface area contributed by atoms with E-state index in [0.717, 1.165) is 24.8 Å². The number of para-hydroxylation sites is 1. The molecule has 6 heteroatoms. The summed E-state index contributed by atoms with van der Waals surface area (Å²) < 4.78 is 0. The number of amides is 3. The van der Waals surface area contributed by atoms with Gasteiger partial charge in [0.15, 0.2) is 0 Å². The Labute approximate surface area is 175 Å². The van der Waals surface area contributed by atoms with Gasteiger partial charge in [-0.3, -0.25) is 14.4 Å². The van der Waals surface area contributed by atoms with Crippen LogP contribution in [0.1, 0.15) is 42.1 Å². The zero-order valence-corrected chi connectivity index (χ0v) is 17.2. The number of carbonyl (C=O) groups is 3. The van der Waals surface area contributed by atoms with Gasteiger partial charge in [-0.2, -0.15) is 0 Å². The third kappa shape index (κ3) is 3.44. The Bertz CT molecular complexity index is 1000. The summed E-state index contributed by atoms with van der Waals surface area (Å²) in [5.41, 5.74) is 1.99. The molecule has 0 spiro atoms. The first kappa shape index (κ1) is 19.6. The summed E-state index contributed by atoms with van der Waals surface area (Å²) in [4.78, 5) is 40.4. The Morgan fingerprint density at radius 2 is 1.76 bits per heavy atom. The average molecular weight is 411 g/mol. The van der Waals surface area contributed by atoms with Gasteiger partial charge in [-0.05, 0) is 61.9 Å². The van der Waals surface area contributed by atoms with E-state index in [-0.39, 0.29) is 29.6 Å². The SMILES string of the molecule is Cc1c(Cl)cccc1NC(=O)c1ccccc1N1C(=O)[C@H]2CC[C@@H](C)C[C@@H]2C1=O. The van der Waals surface area contributed by atoms with Crippen LogP contribution in [0.15, 0.2) is 42.5 Å². The smallest absolute Gasteiger partial charge is 0.257 e. The highest BCUT2D eigenvalue weighted by atomic mass is 35.5. The summed E-state index contributed by atoms with van der Waals surface area (Å²) in [7, 11) is 0. The zero-order chi connectivity index (χ0) is 20.7. The van der Waals surface area contributed by atoms with Gasteiger partial charge in [0.05, 0.1) is 23.1 Å². The minimum atomic E-state index is -0.380. The fraction of sp³-hybridized carbons (Fsp3) is 0.348. The van der Waals surface area contributed by atoms with Crippen molar-refractivity contribution in [3.05, 3.63) is 58.6 Å². The van der Waals surface area contributed by atoms with Crippen molar-refractivity contribution in [1.82, 2.24) is 0 Å². The number of rotatable bonds is 3. The van der Waals surface area contributed by atoms with E-state index in [0.29, 0.717) is 27.9 Å². The molecule has 2 aromatic rings. The molecule has 0 unspecified atom stereocenters. The molecule has 2 fully saturated rings. The lowest BCUT2D eigenvalue weighted by Gasteiger charge is -2.25. The number of halogens is 1. The Kier molecular flexibility index (Phi) is 5.17. The van der Waals surface area contributed by atoms with Gasteiger partial charge in [-0.1, -0.05) is 36.7 Å². The third-order valence-corrected chi connectivity index (χ3v) is 6.50. The number of fused-ring (bicyclic) bond motifs is 1. The van der Waals surface area contributed by atoms with E-state index in [9.17, 15) is 14.4 Å². The second kappa shape index (κ2) is 7.64. The van der Waals surface area contributed by atoms with E-state index >= 15 is 0 Å². The number of anilines is 2. The molecule has 1 aliphatic carbocycles. The number of nitrogens with zero attached hydrogens (tertiary/aromatic N) is 1. The maximum absolute atomic E-state index is 13.1. The second-order valence-electron chi connectivity index (χ2n) is 8.03. The van der Waals surface area contributed by atoms with Crippen LogP contribution in [0.25, 0.3) is 0 Å². The normalized spacial score (nSPS) is 23.8. The van der Waals surface area contributed by atoms with Crippen LogP contribution < -0.4 is 10.2 Å². The van der Waals surface area contributed by atoms with Crippen LogP contribution in [0.5, 0.6) is 0 Å². The van der Waals surface area contributed by atoms with Crippen molar-refractivity contribution in [2.75, 3.05) is 10.2 Å². The van der Waals surface area contributed by atoms with Gasteiger partial charge >= 0.3 is 0 Å². The summed E-state index contributed by atoms with van der Waals surface area (Å²) in [5.74, 6) is -0.883. The van der Waals surface area contributed by atoms with Gasteiger partial charge in [0.25, 0.3) is 5.91 Å². The second-order valence-corrected chi connectivity index (χ2v) is 8.43. The number of imide groups is 1. The van der Waals surface area contributed by atoms with Crippen LogP contribution in [0.3, 0.4) is 0 Å². The molecule has 4 rings (SSSR count). The first-order valence-corrected chi connectivity index (χ1v) is 10.3. The van der Waals surface area contributed by atoms with Crippen molar-refractivity contribution < 1.29 is 14.4 Å². The molecule has 29 heavy (non-hydrogen) atoms. The molecule has 2 aromatic carbocycles. The summed E-state index contributed by atoms with van der Waals surface area (Å²) in [5, 5.41) is 3.41. The summed E-state index contributed by atoms with van der Waals surface area (Å²) >= 11 is 6.15. The molecule has 0 radical (unpaired) electrons. The molecule has 5 nitrogen and oxygen atoms in total. The molecule has 150 valence electrons. The van der Waals surface area contributed by atoms with Crippen molar-refractivity contribution in [2.24, 2.45) is 17.8 Å². The fourth-order valence-corrected chi connectivity index (χ4v) is 4.59. The molecule has 3 atom stereocenters. The third-order valence-electron chi connectivity index (χ3n) is 6.09. The molecule has 1 heterocycles. The first-order valence-electron chi connectivity index (χ1n) is 9.91. The minimum absolute atomic E-state index is 0.189. The quantitative estimate of drug-likeness (QED) is 0.737. The Morgan fingerprint density at radius 1 is 1.03 bits per heavy atom. The monoisotopic (exact) mass is 410 g/mol. The van der Waals surface area contributed by atoms with Gasteiger partial charge in [-0.15, -0.1) is 0 Å². The molecule has 0 aromatic heterocycles. The molecule has 3 amide bonds.